The second-order valence-corrected chi connectivity index (χ2v) is 8.90. The van der Waals surface area contributed by atoms with Gasteiger partial charge in [0, 0.05) is 25.2 Å². The number of carbonyl (C=O) groups is 1. The van der Waals surface area contributed by atoms with Gasteiger partial charge in [0.05, 0.1) is 30.8 Å². The minimum absolute atomic E-state index is 0. The van der Waals surface area contributed by atoms with Crippen LogP contribution in [0.1, 0.15) is 36.0 Å². The van der Waals surface area contributed by atoms with E-state index in [-0.39, 0.29) is 40.9 Å². The number of ether oxygens (including phenoxy) is 2. The molecule has 0 unspecified atom stereocenters. The molecule has 10 heteroatoms. The Kier molecular flexibility index (Phi) is 8.08. The number of hydrogen-bond acceptors (Lipinski definition) is 6. The largest absolute Gasteiger partial charge is 0.496 e. The van der Waals surface area contributed by atoms with E-state index in [2.05, 4.69) is 5.32 Å². The van der Waals surface area contributed by atoms with Crippen molar-refractivity contribution in [3.63, 3.8) is 0 Å². The van der Waals surface area contributed by atoms with Crippen LogP contribution in [-0.2, 0) is 14.8 Å². The Hall–Kier alpha value is -1.39. The second-order valence-electron chi connectivity index (χ2n) is 6.96. The summed E-state index contributed by atoms with van der Waals surface area (Å²) < 4.78 is 37.6. The number of amides is 1. The third kappa shape index (κ3) is 5.15. The number of nitrogens with one attached hydrogen (secondary N) is 1. The van der Waals surface area contributed by atoms with Gasteiger partial charge in [-0.3, -0.25) is 4.79 Å². The number of halogens is 1. The molecule has 2 aliphatic rings. The van der Waals surface area contributed by atoms with Crippen LogP contribution in [0, 0.1) is 0 Å². The molecule has 1 saturated carbocycles. The van der Waals surface area contributed by atoms with Gasteiger partial charge in [0.2, 0.25) is 10.0 Å². The van der Waals surface area contributed by atoms with E-state index in [1.54, 1.807) is 0 Å². The maximum Gasteiger partial charge on any atom is 0.255 e. The van der Waals surface area contributed by atoms with Gasteiger partial charge >= 0.3 is 0 Å². The number of sulfonamides is 1. The molecule has 1 saturated heterocycles. The molecule has 0 bridgehead atoms. The van der Waals surface area contributed by atoms with E-state index in [1.807, 2.05) is 0 Å². The number of rotatable bonds is 5. The number of benzene rings is 1. The first-order chi connectivity index (χ1) is 12.9. The molecule has 2 fully saturated rings. The lowest BCUT2D eigenvalue weighted by Crippen LogP contribution is -2.41. The van der Waals surface area contributed by atoms with Crippen molar-refractivity contribution in [2.75, 3.05) is 33.4 Å². The fourth-order valence-electron chi connectivity index (χ4n) is 3.49. The third-order valence-corrected chi connectivity index (χ3v) is 7.03. The molecule has 3 N–H and O–H groups in total. The number of methoxy groups -OCH3 is 1. The quantitative estimate of drug-likeness (QED) is 0.720. The summed E-state index contributed by atoms with van der Waals surface area (Å²) in [5.74, 6) is 0.0206. The van der Waals surface area contributed by atoms with Crippen molar-refractivity contribution in [3.05, 3.63) is 23.8 Å². The standard InChI is InChI=1S/C18H27N3O5S.ClH/c1-25-17-7-6-15(27(23,24)21-8-10-26-11-9-21)12-16(17)18(22)20-14-4-2-13(19)3-5-14;/h6-7,12-14H,2-5,8-11,19H2,1H3,(H,20,22);1H. The Balaban J connectivity index is 0.00000280. The Labute approximate surface area is 172 Å². The number of hydrogen-bond donors (Lipinski definition) is 2. The Morgan fingerprint density at radius 3 is 2.46 bits per heavy atom. The molecule has 8 nitrogen and oxygen atoms in total. The summed E-state index contributed by atoms with van der Waals surface area (Å²) in [6, 6.07) is 4.63. The predicted molar refractivity (Wildman–Crippen MR) is 108 cm³/mol. The Bertz CT molecular complexity index is 775. The van der Waals surface area contributed by atoms with Crippen molar-refractivity contribution < 1.29 is 22.7 Å². The van der Waals surface area contributed by atoms with Gasteiger partial charge in [0.15, 0.2) is 0 Å². The molecule has 1 amide bonds. The maximum absolute atomic E-state index is 12.9. The van der Waals surface area contributed by atoms with E-state index in [1.165, 1.54) is 29.6 Å². The van der Waals surface area contributed by atoms with Gasteiger partial charge in [-0.05, 0) is 43.9 Å². The number of nitrogens with zero attached hydrogens (tertiary/aromatic N) is 1. The molecule has 0 radical (unpaired) electrons. The van der Waals surface area contributed by atoms with E-state index in [4.69, 9.17) is 15.2 Å². The van der Waals surface area contributed by atoms with Crippen molar-refractivity contribution in [1.29, 1.82) is 0 Å². The first kappa shape index (κ1) is 22.9. The minimum atomic E-state index is -3.68. The highest BCUT2D eigenvalue weighted by Gasteiger charge is 2.28. The van der Waals surface area contributed by atoms with Gasteiger partial charge in [-0.25, -0.2) is 8.42 Å². The van der Waals surface area contributed by atoms with Crippen LogP contribution in [0.2, 0.25) is 0 Å². The van der Waals surface area contributed by atoms with Crippen molar-refractivity contribution in [1.82, 2.24) is 9.62 Å². The summed E-state index contributed by atoms with van der Waals surface area (Å²) in [7, 11) is -2.22. The van der Waals surface area contributed by atoms with Crippen LogP contribution in [0.3, 0.4) is 0 Å². The van der Waals surface area contributed by atoms with Crippen LogP contribution in [0.25, 0.3) is 0 Å². The molecule has 1 heterocycles. The predicted octanol–water partition coefficient (Wildman–Crippen LogP) is 1.14. The zero-order chi connectivity index (χ0) is 19.4. The van der Waals surface area contributed by atoms with Crippen LogP contribution in [0.5, 0.6) is 5.75 Å². The molecule has 3 rings (SSSR count). The van der Waals surface area contributed by atoms with Crippen molar-refractivity contribution in [2.24, 2.45) is 5.73 Å². The monoisotopic (exact) mass is 433 g/mol. The number of nitrogens with two attached hydrogens (primary N) is 1. The van der Waals surface area contributed by atoms with Crippen LogP contribution < -0.4 is 15.8 Å². The number of carbonyl (C=O) groups excluding carboxylic acids is 1. The molecule has 1 aliphatic heterocycles. The molecule has 0 atom stereocenters. The van der Waals surface area contributed by atoms with Gasteiger partial charge in [-0.2, -0.15) is 4.31 Å². The summed E-state index contributed by atoms with van der Waals surface area (Å²) in [4.78, 5) is 12.9. The van der Waals surface area contributed by atoms with E-state index in [0.29, 0.717) is 32.1 Å². The molecule has 28 heavy (non-hydrogen) atoms. The van der Waals surface area contributed by atoms with Crippen LogP contribution >= 0.6 is 12.4 Å². The average molecular weight is 434 g/mol. The Morgan fingerprint density at radius 2 is 1.86 bits per heavy atom. The number of morpholine rings is 1. The topological polar surface area (TPSA) is 111 Å². The normalized spacial score (nSPS) is 23.5. The molecule has 158 valence electrons. The molecule has 1 aliphatic carbocycles. The molecular weight excluding hydrogens is 406 g/mol. The Morgan fingerprint density at radius 1 is 1.21 bits per heavy atom. The van der Waals surface area contributed by atoms with E-state index < -0.39 is 10.0 Å². The first-order valence-corrected chi connectivity index (χ1v) is 10.7. The van der Waals surface area contributed by atoms with Crippen molar-refractivity contribution in [3.8, 4) is 5.75 Å². The van der Waals surface area contributed by atoms with Gasteiger partial charge < -0.3 is 20.5 Å². The highest BCUT2D eigenvalue weighted by Crippen LogP contribution is 2.26. The van der Waals surface area contributed by atoms with E-state index in [9.17, 15) is 13.2 Å². The molecular formula is C18H28ClN3O5S. The lowest BCUT2D eigenvalue weighted by atomic mass is 9.91. The highest BCUT2D eigenvalue weighted by molar-refractivity contribution is 7.89. The maximum atomic E-state index is 12.9. The van der Waals surface area contributed by atoms with Crippen LogP contribution in [-0.4, -0.2) is 64.1 Å². The summed E-state index contributed by atoms with van der Waals surface area (Å²) in [5.41, 5.74) is 6.13. The zero-order valence-electron chi connectivity index (χ0n) is 15.9. The highest BCUT2D eigenvalue weighted by atomic mass is 35.5. The van der Waals surface area contributed by atoms with Gasteiger partial charge in [0.25, 0.3) is 5.91 Å². The summed E-state index contributed by atoms with van der Waals surface area (Å²) in [6.07, 6.45) is 3.38. The van der Waals surface area contributed by atoms with Crippen LogP contribution in [0.15, 0.2) is 23.1 Å². The summed E-state index contributed by atoms with van der Waals surface area (Å²) >= 11 is 0. The van der Waals surface area contributed by atoms with Gasteiger partial charge in [-0.15, -0.1) is 12.4 Å². The zero-order valence-corrected chi connectivity index (χ0v) is 17.6. The van der Waals surface area contributed by atoms with E-state index >= 15 is 0 Å². The van der Waals surface area contributed by atoms with Crippen LogP contribution in [0.4, 0.5) is 0 Å². The van der Waals surface area contributed by atoms with Gasteiger partial charge in [0.1, 0.15) is 5.75 Å². The third-order valence-electron chi connectivity index (χ3n) is 5.13. The summed E-state index contributed by atoms with van der Waals surface area (Å²) in [6.45, 7) is 1.34. The van der Waals surface area contributed by atoms with Crippen molar-refractivity contribution in [2.45, 2.75) is 42.7 Å². The fraction of sp³-hybridized carbons (Fsp3) is 0.611. The average Bonchev–Trinajstić information content (AvgIpc) is 2.69. The molecule has 0 aromatic heterocycles. The molecule has 0 spiro atoms. The molecule has 1 aromatic carbocycles. The smallest absolute Gasteiger partial charge is 0.255 e. The molecule has 1 aromatic rings. The first-order valence-electron chi connectivity index (χ1n) is 9.24. The second kappa shape index (κ2) is 9.89. The van der Waals surface area contributed by atoms with E-state index in [0.717, 1.165) is 25.7 Å². The minimum Gasteiger partial charge on any atom is -0.496 e. The lowest BCUT2D eigenvalue weighted by molar-refractivity contribution is 0.0730. The van der Waals surface area contributed by atoms with Gasteiger partial charge in [-0.1, -0.05) is 0 Å². The summed E-state index contributed by atoms with van der Waals surface area (Å²) in [5, 5.41) is 2.99. The lowest BCUT2D eigenvalue weighted by Gasteiger charge is -2.27. The van der Waals surface area contributed by atoms with Crippen molar-refractivity contribution >= 4 is 28.3 Å². The fourth-order valence-corrected chi connectivity index (χ4v) is 4.92. The SMILES string of the molecule is COc1ccc(S(=O)(=O)N2CCOCC2)cc1C(=O)NC1CCC(N)CC1.Cl.